The lowest BCUT2D eigenvalue weighted by Gasteiger charge is -2.33. The number of nitrogens with zero attached hydrogens (tertiary/aromatic N) is 6. The monoisotopic (exact) mass is 604 g/mol. The van der Waals surface area contributed by atoms with Crippen molar-refractivity contribution < 1.29 is 20.4 Å². The van der Waals surface area contributed by atoms with Gasteiger partial charge in [0, 0.05) is 30.3 Å². The zero-order valence-corrected chi connectivity index (χ0v) is 24.9. The molecule has 230 valence electrons. The first kappa shape index (κ1) is 28.9. The van der Waals surface area contributed by atoms with Crippen molar-refractivity contribution >= 4 is 22.1 Å². The third kappa shape index (κ3) is 5.51. The van der Waals surface area contributed by atoms with Gasteiger partial charge in [0.25, 0.3) is 0 Å². The summed E-state index contributed by atoms with van der Waals surface area (Å²) in [6.45, 7) is -0.127. The molecule has 10 nitrogen and oxygen atoms in total. The number of rotatable bonds is 9. The van der Waals surface area contributed by atoms with Gasteiger partial charge in [-0.2, -0.15) is 0 Å². The molecule has 1 aliphatic carbocycles. The van der Waals surface area contributed by atoms with Gasteiger partial charge in [-0.15, -0.1) is 30.0 Å². The SMILES string of the molecule is OCCc1cc(C(c2cc(CCO)cc(-n3nc4ccccc4n3)c2O)C2CCCCC2)c(O)c(-n2nc3ccccc3n2)c1. The zero-order valence-electron chi connectivity index (χ0n) is 24.9. The third-order valence-electron chi connectivity index (χ3n) is 8.95. The molecule has 7 rings (SSSR count). The van der Waals surface area contributed by atoms with Crippen LogP contribution in [-0.2, 0) is 12.8 Å². The number of aromatic hydroxyl groups is 2. The summed E-state index contributed by atoms with van der Waals surface area (Å²) >= 11 is 0. The normalized spacial score (nSPS) is 14.2. The molecule has 4 N–H and O–H groups in total. The molecule has 0 bridgehead atoms. The maximum atomic E-state index is 12.1. The van der Waals surface area contributed by atoms with Gasteiger partial charge in [-0.05, 0) is 79.1 Å². The maximum absolute atomic E-state index is 12.1. The lowest BCUT2D eigenvalue weighted by molar-refractivity contribution is 0.298. The smallest absolute Gasteiger partial charge is 0.146 e. The minimum atomic E-state index is -0.393. The van der Waals surface area contributed by atoms with E-state index in [1.165, 1.54) is 9.59 Å². The van der Waals surface area contributed by atoms with Crippen molar-refractivity contribution in [1.29, 1.82) is 0 Å². The zero-order chi connectivity index (χ0) is 30.9. The fourth-order valence-electron chi connectivity index (χ4n) is 6.81. The Bertz CT molecular complexity index is 1780. The van der Waals surface area contributed by atoms with Gasteiger partial charge < -0.3 is 20.4 Å². The van der Waals surface area contributed by atoms with Crippen molar-refractivity contribution in [1.82, 2.24) is 30.0 Å². The van der Waals surface area contributed by atoms with Crippen LogP contribution in [0.15, 0.2) is 72.8 Å². The predicted molar refractivity (Wildman–Crippen MR) is 171 cm³/mol. The molecule has 2 aromatic heterocycles. The highest BCUT2D eigenvalue weighted by atomic mass is 16.3. The van der Waals surface area contributed by atoms with Crippen LogP contribution in [0.25, 0.3) is 33.4 Å². The van der Waals surface area contributed by atoms with Gasteiger partial charge in [0.15, 0.2) is 0 Å². The number of phenolic OH excluding ortho intramolecular Hbond substituents is 2. The lowest BCUT2D eigenvalue weighted by atomic mass is 9.72. The second-order valence-corrected chi connectivity index (χ2v) is 11.9. The molecular weight excluding hydrogens is 568 g/mol. The van der Waals surface area contributed by atoms with Gasteiger partial charge in [0.2, 0.25) is 0 Å². The summed E-state index contributed by atoms with van der Waals surface area (Å²) in [6, 6.07) is 22.6. The Morgan fingerprint density at radius 2 is 1.00 bits per heavy atom. The average Bonchev–Trinajstić information content (AvgIpc) is 3.69. The highest BCUT2D eigenvalue weighted by molar-refractivity contribution is 5.75. The van der Waals surface area contributed by atoms with Crippen LogP contribution in [0.4, 0.5) is 0 Å². The summed E-state index contributed by atoms with van der Waals surface area (Å²) < 4.78 is 0. The van der Waals surface area contributed by atoms with Crippen molar-refractivity contribution in [2.45, 2.75) is 50.9 Å². The number of aliphatic hydroxyl groups excluding tert-OH is 2. The van der Waals surface area contributed by atoms with E-state index in [1.54, 1.807) is 0 Å². The number of fused-ring (bicyclic) bond motifs is 2. The van der Waals surface area contributed by atoms with Gasteiger partial charge in [0.05, 0.1) is 0 Å². The molecule has 0 unspecified atom stereocenters. The molecule has 0 radical (unpaired) electrons. The van der Waals surface area contributed by atoms with E-state index in [0.717, 1.165) is 43.2 Å². The Kier molecular flexibility index (Phi) is 7.91. The summed E-state index contributed by atoms with van der Waals surface area (Å²) in [5, 5.41) is 62.6. The largest absolute Gasteiger partial charge is 0.505 e. The fraction of sp³-hybridized carbons (Fsp3) is 0.314. The van der Waals surface area contributed by atoms with Gasteiger partial charge in [0.1, 0.15) is 44.9 Å². The molecule has 6 aromatic rings. The summed E-state index contributed by atoms with van der Waals surface area (Å²) in [5.41, 5.74) is 6.58. The van der Waals surface area contributed by atoms with E-state index in [4.69, 9.17) is 0 Å². The molecule has 2 heterocycles. The standard InChI is InChI=1S/C35H36N6O4/c42-16-14-22-18-25(34(44)31(20-22)40-36-27-10-4-5-11-28(27)37-40)33(24-8-2-1-3-9-24)26-19-23(15-17-43)21-32(35(26)45)41-38-29-12-6-7-13-30(29)39-41/h4-7,10-13,18-21,24,33,42-45H,1-3,8-9,14-17H2. The molecule has 0 atom stereocenters. The number of phenols is 2. The van der Waals surface area contributed by atoms with E-state index >= 15 is 0 Å². The summed E-state index contributed by atoms with van der Waals surface area (Å²) in [4.78, 5) is 2.91. The van der Waals surface area contributed by atoms with Crippen molar-refractivity contribution in [2.75, 3.05) is 13.2 Å². The van der Waals surface area contributed by atoms with Crippen molar-refractivity contribution in [3.05, 3.63) is 95.1 Å². The van der Waals surface area contributed by atoms with E-state index in [2.05, 4.69) is 20.4 Å². The van der Waals surface area contributed by atoms with Crippen LogP contribution in [0.5, 0.6) is 11.5 Å². The molecule has 0 saturated heterocycles. The van der Waals surface area contributed by atoms with E-state index in [9.17, 15) is 20.4 Å². The van der Waals surface area contributed by atoms with Gasteiger partial charge in [-0.25, -0.2) is 0 Å². The summed E-state index contributed by atoms with van der Waals surface area (Å²) in [6.07, 6.45) is 5.85. The molecule has 4 aromatic carbocycles. The van der Waals surface area contributed by atoms with Crippen LogP contribution in [0, 0.1) is 5.92 Å². The van der Waals surface area contributed by atoms with Gasteiger partial charge >= 0.3 is 0 Å². The lowest BCUT2D eigenvalue weighted by Crippen LogP contribution is -2.20. The van der Waals surface area contributed by atoms with Gasteiger partial charge in [-0.1, -0.05) is 55.7 Å². The van der Waals surface area contributed by atoms with Crippen LogP contribution in [0.3, 0.4) is 0 Å². The third-order valence-corrected chi connectivity index (χ3v) is 8.95. The molecule has 0 aliphatic heterocycles. The molecule has 0 amide bonds. The first-order chi connectivity index (χ1) is 22.0. The van der Waals surface area contributed by atoms with E-state index in [-0.39, 0.29) is 30.6 Å². The van der Waals surface area contributed by atoms with Crippen LogP contribution in [0.1, 0.15) is 60.3 Å². The fourth-order valence-corrected chi connectivity index (χ4v) is 6.81. The second-order valence-electron chi connectivity index (χ2n) is 11.9. The molecule has 1 saturated carbocycles. The Labute approximate surface area is 260 Å². The van der Waals surface area contributed by atoms with Crippen LogP contribution >= 0.6 is 0 Å². The molecule has 1 aliphatic rings. The highest BCUT2D eigenvalue weighted by Gasteiger charge is 2.33. The van der Waals surface area contributed by atoms with Crippen molar-refractivity contribution in [3.8, 4) is 22.9 Å². The van der Waals surface area contributed by atoms with Crippen molar-refractivity contribution in [2.24, 2.45) is 5.92 Å². The summed E-state index contributed by atoms with van der Waals surface area (Å²) in [7, 11) is 0. The second kappa shape index (κ2) is 12.3. The van der Waals surface area contributed by atoms with Crippen LogP contribution < -0.4 is 0 Å². The molecular formula is C35H36N6O4. The number of hydrogen-bond donors (Lipinski definition) is 4. The maximum Gasteiger partial charge on any atom is 0.146 e. The van der Waals surface area contributed by atoms with E-state index in [1.807, 2.05) is 72.8 Å². The highest BCUT2D eigenvalue weighted by Crippen LogP contribution is 2.49. The van der Waals surface area contributed by atoms with Crippen molar-refractivity contribution in [3.63, 3.8) is 0 Å². The number of aliphatic hydroxyl groups is 2. The van der Waals surface area contributed by atoms with E-state index < -0.39 is 5.92 Å². The van der Waals surface area contributed by atoms with Crippen LogP contribution in [0.2, 0.25) is 0 Å². The predicted octanol–water partition coefficient (Wildman–Crippen LogP) is 5.35. The minimum Gasteiger partial charge on any atom is -0.505 e. The quantitative estimate of drug-likeness (QED) is 0.173. The Morgan fingerprint density at radius 1 is 0.600 bits per heavy atom. The Hall–Kier alpha value is -4.80. The first-order valence-electron chi connectivity index (χ1n) is 15.6. The molecule has 1 fully saturated rings. The van der Waals surface area contributed by atoms with Crippen LogP contribution in [-0.4, -0.2) is 63.6 Å². The average molecular weight is 605 g/mol. The molecule has 45 heavy (non-hydrogen) atoms. The molecule has 10 heteroatoms. The number of benzene rings is 4. The number of aromatic nitrogens is 6. The molecule has 0 spiro atoms. The first-order valence-corrected chi connectivity index (χ1v) is 15.6. The minimum absolute atomic E-state index is 0.0315. The van der Waals surface area contributed by atoms with Gasteiger partial charge in [-0.3, -0.25) is 0 Å². The topological polar surface area (TPSA) is 142 Å². The summed E-state index contributed by atoms with van der Waals surface area (Å²) in [5.74, 6) is -0.206. The Balaban J connectivity index is 1.45. The Morgan fingerprint density at radius 3 is 1.38 bits per heavy atom. The number of hydrogen-bond acceptors (Lipinski definition) is 8. The van der Waals surface area contributed by atoms with E-state index in [0.29, 0.717) is 57.4 Å².